The molecule has 1 heterocycles. The number of nitrogens with zero attached hydrogens (tertiary/aromatic N) is 3. The highest BCUT2D eigenvalue weighted by molar-refractivity contribution is 7.89. The number of hydrogen-bond acceptors (Lipinski definition) is 5. The van der Waals surface area contributed by atoms with Crippen molar-refractivity contribution in [3.8, 4) is 0 Å². The number of hydrogen-bond donors (Lipinski definition) is 2. The van der Waals surface area contributed by atoms with Crippen LogP contribution >= 0.6 is 0 Å². The van der Waals surface area contributed by atoms with E-state index in [1.54, 1.807) is 56.3 Å². The number of rotatable bonds is 9. The number of fused-ring (bicyclic) bond motifs is 1. The Labute approximate surface area is 187 Å². The van der Waals surface area contributed by atoms with Crippen molar-refractivity contribution in [3.63, 3.8) is 0 Å². The summed E-state index contributed by atoms with van der Waals surface area (Å²) in [6.07, 6.45) is 0.475. The second-order valence-corrected chi connectivity index (χ2v) is 9.22. The first-order valence-corrected chi connectivity index (χ1v) is 11.8. The summed E-state index contributed by atoms with van der Waals surface area (Å²) >= 11 is 0. The average molecular weight is 458 g/mol. The maximum atomic E-state index is 12.8. The minimum Gasteiger partial charge on any atom is -0.366 e. The summed E-state index contributed by atoms with van der Waals surface area (Å²) in [5, 5.41) is 2.71. The monoisotopic (exact) mass is 457 g/mol. The van der Waals surface area contributed by atoms with Gasteiger partial charge in [-0.1, -0.05) is 26.0 Å². The van der Waals surface area contributed by atoms with Crippen molar-refractivity contribution >= 4 is 38.6 Å². The predicted molar refractivity (Wildman–Crippen MR) is 123 cm³/mol. The number of primary amides is 1. The van der Waals surface area contributed by atoms with Gasteiger partial charge in [-0.2, -0.15) is 4.31 Å². The molecule has 0 saturated heterocycles. The topological polar surface area (TPSA) is 127 Å². The van der Waals surface area contributed by atoms with E-state index in [1.807, 2.05) is 11.6 Å². The fourth-order valence-electron chi connectivity index (χ4n) is 3.57. The van der Waals surface area contributed by atoms with Crippen molar-refractivity contribution in [1.82, 2.24) is 13.9 Å². The van der Waals surface area contributed by atoms with Gasteiger partial charge in [0, 0.05) is 33.0 Å². The largest absolute Gasteiger partial charge is 0.366 e. The average Bonchev–Trinajstić information content (AvgIpc) is 3.08. The van der Waals surface area contributed by atoms with Crippen LogP contribution in [0.1, 0.15) is 36.5 Å². The number of sulfonamides is 1. The molecule has 0 saturated carbocycles. The van der Waals surface area contributed by atoms with Crippen molar-refractivity contribution in [1.29, 1.82) is 0 Å². The molecule has 2 aromatic carbocycles. The molecule has 1 aromatic heterocycles. The summed E-state index contributed by atoms with van der Waals surface area (Å²) in [6, 6.07) is 11.4. The van der Waals surface area contributed by atoms with E-state index in [2.05, 4.69) is 10.3 Å². The first kappa shape index (κ1) is 23.4. The number of para-hydroxylation sites is 1. The van der Waals surface area contributed by atoms with Crippen molar-refractivity contribution in [2.45, 2.75) is 31.6 Å². The van der Waals surface area contributed by atoms with Crippen LogP contribution in [0.25, 0.3) is 11.0 Å². The third kappa shape index (κ3) is 4.66. The van der Waals surface area contributed by atoms with E-state index < -0.39 is 15.9 Å². The molecule has 3 aromatic rings. The fourth-order valence-corrected chi connectivity index (χ4v) is 5.05. The van der Waals surface area contributed by atoms with E-state index in [4.69, 9.17) is 5.73 Å². The standard InChI is InChI=1S/C22H27N5O4S/c1-4-27(5-2)32(30,31)15-10-11-19-18(14-15)24-20(26(19)3)12-13-21(28)25-17-9-7-6-8-16(17)22(23)29/h6-11,14H,4-5,12-13H2,1-3H3,(H2,23,29)(H,25,28). The lowest BCUT2D eigenvalue weighted by molar-refractivity contribution is -0.116. The van der Waals surface area contributed by atoms with E-state index in [0.717, 1.165) is 5.52 Å². The van der Waals surface area contributed by atoms with Gasteiger partial charge in [0.25, 0.3) is 5.91 Å². The third-order valence-corrected chi connectivity index (χ3v) is 7.38. The zero-order valence-corrected chi connectivity index (χ0v) is 19.1. The molecule has 10 heteroatoms. The van der Waals surface area contributed by atoms with Crippen molar-refractivity contribution in [2.75, 3.05) is 18.4 Å². The molecule has 0 fully saturated rings. The van der Waals surface area contributed by atoms with E-state index in [-0.39, 0.29) is 22.8 Å². The summed E-state index contributed by atoms with van der Waals surface area (Å²) in [7, 11) is -1.76. The summed E-state index contributed by atoms with van der Waals surface area (Å²) in [5.74, 6) is -0.252. The van der Waals surface area contributed by atoms with Gasteiger partial charge in [-0.15, -0.1) is 0 Å². The van der Waals surface area contributed by atoms with Crippen LogP contribution in [0.4, 0.5) is 5.69 Å². The molecule has 32 heavy (non-hydrogen) atoms. The maximum absolute atomic E-state index is 12.8. The Morgan fingerprint density at radius 3 is 2.47 bits per heavy atom. The van der Waals surface area contributed by atoms with E-state index >= 15 is 0 Å². The number of carbonyl (C=O) groups excluding carboxylic acids is 2. The minimum absolute atomic E-state index is 0.134. The number of imidazole rings is 1. The summed E-state index contributed by atoms with van der Waals surface area (Å²) in [6.45, 7) is 4.37. The number of aryl methyl sites for hydroxylation is 2. The Hall–Kier alpha value is -3.24. The van der Waals surface area contributed by atoms with Crippen molar-refractivity contribution in [3.05, 3.63) is 53.9 Å². The molecule has 170 valence electrons. The summed E-state index contributed by atoms with van der Waals surface area (Å²) < 4.78 is 28.8. The van der Waals surface area contributed by atoms with Crippen molar-refractivity contribution in [2.24, 2.45) is 12.8 Å². The smallest absolute Gasteiger partial charge is 0.250 e. The Morgan fingerprint density at radius 1 is 1.12 bits per heavy atom. The molecular weight excluding hydrogens is 430 g/mol. The Balaban J connectivity index is 1.78. The third-order valence-electron chi connectivity index (χ3n) is 5.33. The molecular formula is C22H27N5O4S. The predicted octanol–water partition coefficient (Wildman–Crippen LogP) is 2.27. The van der Waals surface area contributed by atoms with Gasteiger partial charge in [0.1, 0.15) is 5.82 Å². The first-order chi connectivity index (χ1) is 15.2. The number of nitrogens with one attached hydrogen (secondary N) is 1. The van der Waals surface area contributed by atoms with Gasteiger partial charge in [0.05, 0.1) is 27.2 Å². The van der Waals surface area contributed by atoms with Gasteiger partial charge < -0.3 is 15.6 Å². The zero-order chi connectivity index (χ0) is 23.5. The molecule has 0 unspecified atom stereocenters. The van der Waals surface area contributed by atoms with Gasteiger partial charge in [0.15, 0.2) is 0 Å². The first-order valence-electron chi connectivity index (χ1n) is 10.3. The molecule has 0 atom stereocenters. The molecule has 0 aliphatic carbocycles. The Bertz CT molecular complexity index is 1260. The lowest BCUT2D eigenvalue weighted by Gasteiger charge is -2.18. The normalized spacial score (nSPS) is 11.8. The second-order valence-electron chi connectivity index (χ2n) is 7.28. The van der Waals surface area contributed by atoms with Crippen LogP contribution in [-0.4, -0.2) is 47.2 Å². The molecule has 0 aliphatic heterocycles. The van der Waals surface area contributed by atoms with Crippen LogP contribution in [0.3, 0.4) is 0 Å². The van der Waals surface area contributed by atoms with Crippen LogP contribution < -0.4 is 11.1 Å². The molecule has 3 rings (SSSR count). The number of carbonyl (C=O) groups is 2. The van der Waals surface area contributed by atoms with Gasteiger partial charge in [-0.05, 0) is 30.3 Å². The minimum atomic E-state index is -3.59. The van der Waals surface area contributed by atoms with Crippen LogP contribution in [0.5, 0.6) is 0 Å². The lowest BCUT2D eigenvalue weighted by atomic mass is 10.1. The van der Waals surface area contributed by atoms with Crippen LogP contribution in [-0.2, 0) is 28.3 Å². The molecule has 0 aliphatic rings. The van der Waals surface area contributed by atoms with Gasteiger partial charge >= 0.3 is 0 Å². The van der Waals surface area contributed by atoms with Crippen LogP contribution in [0, 0.1) is 0 Å². The van der Waals surface area contributed by atoms with Crippen molar-refractivity contribution < 1.29 is 18.0 Å². The SMILES string of the molecule is CCN(CC)S(=O)(=O)c1ccc2c(c1)nc(CCC(=O)Nc1ccccc1C(N)=O)n2C. The Morgan fingerprint density at radius 2 is 1.81 bits per heavy atom. The Kier molecular flexibility index (Phi) is 6.95. The highest BCUT2D eigenvalue weighted by Gasteiger charge is 2.23. The lowest BCUT2D eigenvalue weighted by Crippen LogP contribution is -2.30. The van der Waals surface area contributed by atoms with E-state index in [1.165, 1.54) is 4.31 Å². The number of amides is 2. The summed E-state index contributed by atoms with van der Waals surface area (Å²) in [4.78, 5) is 28.7. The van der Waals surface area contributed by atoms with Crippen LogP contribution in [0.15, 0.2) is 47.4 Å². The van der Waals surface area contributed by atoms with Gasteiger partial charge in [-0.3, -0.25) is 9.59 Å². The molecule has 0 radical (unpaired) electrons. The molecule has 2 amide bonds. The number of anilines is 1. The van der Waals surface area contributed by atoms with Gasteiger partial charge in [-0.25, -0.2) is 13.4 Å². The second kappa shape index (κ2) is 9.49. The van der Waals surface area contributed by atoms with Gasteiger partial charge in [0.2, 0.25) is 15.9 Å². The maximum Gasteiger partial charge on any atom is 0.250 e. The highest BCUT2D eigenvalue weighted by Crippen LogP contribution is 2.23. The fraction of sp³-hybridized carbons (Fsp3) is 0.318. The molecule has 0 spiro atoms. The molecule has 3 N–H and O–H groups in total. The molecule has 9 nitrogen and oxygen atoms in total. The number of nitrogens with two attached hydrogens (primary N) is 1. The highest BCUT2D eigenvalue weighted by atomic mass is 32.2. The van der Waals surface area contributed by atoms with Crippen LogP contribution in [0.2, 0.25) is 0 Å². The zero-order valence-electron chi connectivity index (χ0n) is 18.3. The quantitative estimate of drug-likeness (QED) is 0.509. The molecule has 0 bridgehead atoms. The van der Waals surface area contributed by atoms with E-state index in [0.29, 0.717) is 36.5 Å². The number of aromatic nitrogens is 2. The number of benzene rings is 2. The van der Waals surface area contributed by atoms with E-state index in [9.17, 15) is 18.0 Å². The summed E-state index contributed by atoms with van der Waals surface area (Å²) in [5.41, 5.74) is 7.28.